The number of halogens is 1. The molecule has 0 amide bonds. The lowest BCUT2D eigenvalue weighted by molar-refractivity contribution is 0.212. The molecule has 6 nitrogen and oxygen atoms in total. The number of sulfonamides is 1. The molecule has 1 saturated heterocycles. The van der Waals surface area contributed by atoms with E-state index in [9.17, 15) is 8.42 Å². The number of hydrogen-bond donors (Lipinski definition) is 1. The van der Waals surface area contributed by atoms with Gasteiger partial charge in [0.05, 0.1) is 11.4 Å². The summed E-state index contributed by atoms with van der Waals surface area (Å²) in [6, 6.07) is 16.5. The van der Waals surface area contributed by atoms with Gasteiger partial charge in [0.15, 0.2) is 0 Å². The molecule has 0 bridgehead atoms. The van der Waals surface area contributed by atoms with Crippen LogP contribution in [0.3, 0.4) is 0 Å². The number of nitrogens with zero attached hydrogens (tertiary/aromatic N) is 2. The van der Waals surface area contributed by atoms with Crippen LogP contribution in [0.5, 0.6) is 5.75 Å². The van der Waals surface area contributed by atoms with Crippen molar-refractivity contribution in [2.45, 2.75) is 18.3 Å². The molecule has 1 unspecified atom stereocenters. The highest BCUT2D eigenvalue weighted by Crippen LogP contribution is 2.42. The fourth-order valence-electron chi connectivity index (χ4n) is 3.66. The van der Waals surface area contributed by atoms with Crippen molar-refractivity contribution in [3.05, 3.63) is 54.6 Å². The smallest absolute Gasteiger partial charge is 0.277 e. The Bertz CT molecular complexity index is 873. The summed E-state index contributed by atoms with van der Waals surface area (Å²) in [6.45, 7) is 4.90. The molecule has 2 aromatic carbocycles. The largest absolute Gasteiger partial charge is 0.470 e. The van der Waals surface area contributed by atoms with Crippen LogP contribution in [-0.4, -0.2) is 51.5 Å². The molecule has 2 aliphatic rings. The Balaban J connectivity index is 0.00000225. The Labute approximate surface area is 172 Å². The van der Waals surface area contributed by atoms with Crippen molar-refractivity contribution in [2.75, 3.05) is 37.0 Å². The maximum Gasteiger partial charge on any atom is 0.277 e. The number of rotatable bonds is 5. The van der Waals surface area contributed by atoms with Gasteiger partial charge in [0.1, 0.15) is 5.75 Å². The third-order valence-corrected chi connectivity index (χ3v) is 6.96. The number of benzene rings is 2. The summed E-state index contributed by atoms with van der Waals surface area (Å²) in [6.07, 6.45) is 1.26. The van der Waals surface area contributed by atoms with Crippen LogP contribution in [-0.2, 0) is 10.0 Å². The predicted molar refractivity (Wildman–Crippen MR) is 114 cm³/mol. The highest BCUT2D eigenvalue weighted by molar-refractivity contribution is 7.93. The molecular formula is C20H26ClN3O3S. The van der Waals surface area contributed by atoms with Gasteiger partial charge in [-0.15, -0.1) is 12.4 Å². The van der Waals surface area contributed by atoms with Crippen molar-refractivity contribution in [3.8, 4) is 5.75 Å². The summed E-state index contributed by atoms with van der Waals surface area (Å²) in [5, 5.41) is 3.33. The first-order valence-corrected chi connectivity index (χ1v) is 10.9. The maximum absolute atomic E-state index is 13.3. The van der Waals surface area contributed by atoms with E-state index in [0.29, 0.717) is 23.5 Å². The van der Waals surface area contributed by atoms with E-state index in [0.717, 1.165) is 39.1 Å². The van der Waals surface area contributed by atoms with Crippen LogP contribution in [0.4, 0.5) is 11.4 Å². The third kappa shape index (κ3) is 4.27. The lowest BCUT2D eigenvalue weighted by atomic mass is 10.2. The Morgan fingerprint density at radius 2 is 1.68 bits per heavy atom. The highest BCUT2D eigenvalue weighted by Gasteiger charge is 2.40. The number of nitrogens with one attached hydrogen (secondary N) is 1. The Morgan fingerprint density at radius 3 is 2.43 bits per heavy atom. The quantitative estimate of drug-likeness (QED) is 0.801. The van der Waals surface area contributed by atoms with E-state index in [1.165, 1.54) is 4.31 Å². The van der Waals surface area contributed by atoms with E-state index < -0.39 is 15.5 Å². The molecule has 1 N–H and O–H groups in total. The summed E-state index contributed by atoms with van der Waals surface area (Å²) in [5.41, 5.74) is 0.345. The molecule has 4 rings (SSSR count). The minimum Gasteiger partial charge on any atom is -0.470 e. The molecule has 2 aromatic rings. The second kappa shape index (κ2) is 9.13. The van der Waals surface area contributed by atoms with Crippen molar-refractivity contribution in [1.29, 1.82) is 0 Å². The molecule has 0 saturated carbocycles. The number of fused-ring (bicyclic) bond motifs is 1. The van der Waals surface area contributed by atoms with Crippen molar-refractivity contribution in [2.24, 2.45) is 0 Å². The minimum absolute atomic E-state index is 0. The van der Waals surface area contributed by atoms with Gasteiger partial charge in [0.2, 0.25) is 5.44 Å². The topological polar surface area (TPSA) is 61.9 Å². The van der Waals surface area contributed by atoms with Crippen LogP contribution in [0.15, 0.2) is 54.6 Å². The Hall–Kier alpha value is -1.80. The summed E-state index contributed by atoms with van der Waals surface area (Å²) >= 11 is 0. The maximum atomic E-state index is 13.3. The van der Waals surface area contributed by atoms with Gasteiger partial charge >= 0.3 is 0 Å². The number of piperazine rings is 1. The van der Waals surface area contributed by atoms with Crippen LogP contribution in [0.25, 0.3) is 0 Å². The second-order valence-corrected chi connectivity index (χ2v) is 8.81. The molecule has 8 heteroatoms. The van der Waals surface area contributed by atoms with E-state index in [4.69, 9.17) is 4.74 Å². The van der Waals surface area contributed by atoms with Crippen LogP contribution < -0.4 is 14.4 Å². The van der Waals surface area contributed by atoms with E-state index in [2.05, 4.69) is 10.2 Å². The summed E-state index contributed by atoms with van der Waals surface area (Å²) < 4.78 is 34.0. The number of anilines is 2. The van der Waals surface area contributed by atoms with Crippen LogP contribution in [0, 0.1) is 0 Å². The van der Waals surface area contributed by atoms with Crippen molar-refractivity contribution in [1.82, 2.24) is 10.2 Å². The van der Waals surface area contributed by atoms with Crippen molar-refractivity contribution in [3.63, 3.8) is 0 Å². The first kappa shape index (κ1) is 20.9. The SMILES string of the molecule is Cl.O=S1(=O)C(CCCN2CCNCC2)Oc2ccccc2N1c1ccccc1. The van der Waals surface area contributed by atoms with Gasteiger partial charge in [-0.3, -0.25) is 0 Å². The summed E-state index contributed by atoms with van der Waals surface area (Å²) in [5.74, 6) is 0.614. The monoisotopic (exact) mass is 423 g/mol. The highest BCUT2D eigenvalue weighted by atomic mass is 35.5. The van der Waals surface area contributed by atoms with E-state index >= 15 is 0 Å². The number of para-hydroxylation sites is 3. The minimum atomic E-state index is -3.65. The standard InChI is InChI=1S/C20H25N3O3S.ClH/c24-27(25)20(11-6-14-22-15-12-21-13-16-22)26-19-10-5-4-9-18(19)23(27)17-7-2-1-3-8-17;/h1-5,7-10,20-21H,6,11-16H2;1H. The summed E-state index contributed by atoms with van der Waals surface area (Å²) in [4.78, 5) is 2.37. The van der Waals surface area contributed by atoms with E-state index in [1.54, 1.807) is 6.07 Å². The third-order valence-electron chi connectivity index (χ3n) is 5.04. The molecule has 0 aromatic heterocycles. The van der Waals surface area contributed by atoms with Gasteiger partial charge in [-0.05, 0) is 37.2 Å². The molecular weight excluding hydrogens is 398 g/mol. The molecule has 1 atom stereocenters. The average Bonchev–Trinajstić information content (AvgIpc) is 2.69. The van der Waals surface area contributed by atoms with Gasteiger partial charge in [-0.2, -0.15) is 0 Å². The zero-order valence-electron chi connectivity index (χ0n) is 15.7. The first-order valence-electron chi connectivity index (χ1n) is 9.44. The van der Waals surface area contributed by atoms with Gasteiger partial charge in [-0.25, -0.2) is 12.7 Å². The van der Waals surface area contributed by atoms with Crippen molar-refractivity contribution < 1.29 is 13.2 Å². The van der Waals surface area contributed by atoms with E-state index in [1.807, 2.05) is 48.5 Å². The average molecular weight is 424 g/mol. The van der Waals surface area contributed by atoms with Crippen molar-refractivity contribution >= 4 is 33.8 Å². The molecule has 0 aliphatic carbocycles. The van der Waals surface area contributed by atoms with Crippen LogP contribution >= 0.6 is 12.4 Å². The second-order valence-electron chi connectivity index (χ2n) is 6.89. The van der Waals surface area contributed by atoms with Gasteiger partial charge in [-0.1, -0.05) is 30.3 Å². The lowest BCUT2D eigenvalue weighted by Gasteiger charge is -2.36. The zero-order chi connectivity index (χ0) is 18.7. The Morgan fingerprint density at radius 1 is 1.00 bits per heavy atom. The van der Waals surface area contributed by atoms with Crippen LogP contribution in [0.1, 0.15) is 12.8 Å². The van der Waals surface area contributed by atoms with E-state index in [-0.39, 0.29) is 12.4 Å². The number of ether oxygens (including phenoxy) is 1. The molecule has 0 spiro atoms. The fraction of sp³-hybridized carbons (Fsp3) is 0.400. The summed E-state index contributed by atoms with van der Waals surface area (Å²) in [7, 11) is -3.65. The van der Waals surface area contributed by atoms with Crippen LogP contribution in [0.2, 0.25) is 0 Å². The van der Waals surface area contributed by atoms with Gasteiger partial charge in [0.25, 0.3) is 10.0 Å². The first-order chi connectivity index (χ1) is 13.2. The number of hydrogen-bond acceptors (Lipinski definition) is 5. The lowest BCUT2D eigenvalue weighted by Crippen LogP contribution is -2.45. The van der Waals surface area contributed by atoms with Gasteiger partial charge in [0, 0.05) is 32.6 Å². The molecule has 152 valence electrons. The Kier molecular flexibility index (Phi) is 6.82. The molecule has 1 fully saturated rings. The molecule has 2 aliphatic heterocycles. The predicted octanol–water partition coefficient (Wildman–Crippen LogP) is 2.98. The zero-order valence-corrected chi connectivity index (χ0v) is 17.3. The molecule has 0 radical (unpaired) electrons. The normalized spacial score (nSPS) is 21.3. The molecule has 28 heavy (non-hydrogen) atoms. The van der Waals surface area contributed by atoms with Gasteiger partial charge < -0.3 is 15.0 Å². The molecule has 2 heterocycles. The fourth-order valence-corrected chi connectivity index (χ4v) is 5.42.